The van der Waals surface area contributed by atoms with Crippen molar-refractivity contribution in [1.82, 2.24) is 10.2 Å². The first-order valence-corrected chi connectivity index (χ1v) is 13.1. The first-order valence-electron chi connectivity index (χ1n) is 13.1. The average molecular weight is 543 g/mol. The number of nitrogens with zero attached hydrogens (tertiary/aromatic N) is 1. The number of ether oxygens (including phenoxy) is 3. The Bertz CT molecular complexity index is 1260. The summed E-state index contributed by atoms with van der Waals surface area (Å²) >= 11 is 0. The van der Waals surface area contributed by atoms with Crippen molar-refractivity contribution in [2.75, 3.05) is 42.0 Å². The molecule has 1 saturated carbocycles. The standard InChI is InChI=1S/C28H38N4O7/c1-7-8-31-12-14-11-17(33)19-15(24(14)37-4)9-13-10-16-21(32(2)3)23(35)20(27(30)36)25(29)28(16,39-6)26(38-5)18(13)22(19)34/h11,13,16,20-21,29,31,33H,7-10,12H2,1-6H3,(H2,30,36). The molecule has 5 atom stereocenters. The molecule has 0 bridgehead atoms. The van der Waals surface area contributed by atoms with Crippen molar-refractivity contribution in [3.05, 3.63) is 34.1 Å². The van der Waals surface area contributed by atoms with Crippen LogP contribution >= 0.6 is 0 Å². The fourth-order valence-corrected chi connectivity index (χ4v) is 6.91. The molecule has 3 aliphatic carbocycles. The van der Waals surface area contributed by atoms with Crippen molar-refractivity contribution in [2.45, 2.75) is 44.4 Å². The van der Waals surface area contributed by atoms with Crippen LogP contribution in [0.3, 0.4) is 0 Å². The summed E-state index contributed by atoms with van der Waals surface area (Å²) in [6.45, 7) is 3.30. The predicted octanol–water partition coefficient (Wildman–Crippen LogP) is 1.20. The number of benzene rings is 1. The van der Waals surface area contributed by atoms with Crippen molar-refractivity contribution >= 4 is 23.2 Å². The Morgan fingerprint density at radius 2 is 1.95 bits per heavy atom. The molecule has 5 unspecified atom stereocenters. The second kappa shape index (κ2) is 10.7. The van der Waals surface area contributed by atoms with E-state index in [-0.39, 0.29) is 28.4 Å². The topological polar surface area (TPSA) is 164 Å². The molecule has 3 aliphatic rings. The number of carbonyl (C=O) groups is 3. The van der Waals surface area contributed by atoms with E-state index in [4.69, 9.17) is 25.4 Å². The molecule has 1 aromatic carbocycles. The number of aromatic hydroxyl groups is 1. The molecule has 0 radical (unpaired) electrons. The second-order valence-electron chi connectivity index (χ2n) is 10.6. The van der Waals surface area contributed by atoms with Gasteiger partial charge in [-0.05, 0) is 51.9 Å². The number of nitrogens with one attached hydrogen (secondary N) is 2. The van der Waals surface area contributed by atoms with E-state index in [2.05, 4.69) is 12.2 Å². The van der Waals surface area contributed by atoms with Crippen molar-refractivity contribution < 1.29 is 33.7 Å². The lowest BCUT2D eigenvalue weighted by Gasteiger charge is -2.54. The summed E-state index contributed by atoms with van der Waals surface area (Å²) in [7, 11) is 7.73. The number of likely N-dealkylation sites (N-methyl/N-ethyl adjacent to an activating group) is 1. The zero-order chi connectivity index (χ0) is 28.8. The van der Waals surface area contributed by atoms with Crippen LogP contribution in [0.15, 0.2) is 17.4 Å². The van der Waals surface area contributed by atoms with Crippen molar-refractivity contribution in [3.63, 3.8) is 0 Å². The van der Waals surface area contributed by atoms with Gasteiger partial charge in [-0.1, -0.05) is 6.92 Å². The quantitative estimate of drug-likeness (QED) is 0.265. The number of allylic oxidation sites excluding steroid dienone is 1. The molecule has 0 heterocycles. The summed E-state index contributed by atoms with van der Waals surface area (Å²) < 4.78 is 17.6. The van der Waals surface area contributed by atoms with E-state index in [1.165, 1.54) is 27.4 Å². The number of carbonyl (C=O) groups excluding carboxylic acids is 3. The van der Waals surface area contributed by atoms with Gasteiger partial charge >= 0.3 is 0 Å². The van der Waals surface area contributed by atoms with Gasteiger partial charge in [-0.2, -0.15) is 0 Å². The predicted molar refractivity (Wildman–Crippen MR) is 143 cm³/mol. The molecule has 0 aliphatic heterocycles. The maximum absolute atomic E-state index is 14.2. The van der Waals surface area contributed by atoms with Crippen LogP contribution in [0.1, 0.15) is 41.3 Å². The van der Waals surface area contributed by atoms with Gasteiger partial charge in [-0.15, -0.1) is 0 Å². The van der Waals surface area contributed by atoms with Gasteiger partial charge in [-0.25, -0.2) is 0 Å². The van der Waals surface area contributed by atoms with Crippen molar-refractivity contribution in [1.29, 1.82) is 5.41 Å². The molecule has 4 rings (SSSR count). The van der Waals surface area contributed by atoms with Gasteiger partial charge in [0, 0.05) is 36.3 Å². The summed E-state index contributed by atoms with van der Waals surface area (Å²) in [5.74, 6) is -4.04. The van der Waals surface area contributed by atoms with Crippen LogP contribution in [0.5, 0.6) is 11.5 Å². The lowest BCUT2D eigenvalue weighted by Crippen LogP contribution is -2.70. The number of primary amides is 1. The van der Waals surface area contributed by atoms with Crippen LogP contribution in [0, 0.1) is 23.2 Å². The lowest BCUT2D eigenvalue weighted by molar-refractivity contribution is -0.143. The van der Waals surface area contributed by atoms with Crippen LogP contribution in [0.4, 0.5) is 0 Å². The van der Waals surface area contributed by atoms with E-state index in [0.717, 1.165) is 18.5 Å². The second-order valence-corrected chi connectivity index (χ2v) is 10.6. The Kier molecular flexibility index (Phi) is 7.89. The number of Topliss-reactive ketones (excluding diaryl/α,β-unsaturated/α-hetero) is 2. The van der Waals surface area contributed by atoms with Crippen LogP contribution in [-0.2, 0) is 32.0 Å². The first-order chi connectivity index (χ1) is 18.5. The summed E-state index contributed by atoms with van der Waals surface area (Å²) in [4.78, 5) is 41.8. The Balaban J connectivity index is 1.96. The molecule has 1 amide bonds. The van der Waals surface area contributed by atoms with Gasteiger partial charge in [0.2, 0.25) is 5.91 Å². The zero-order valence-electron chi connectivity index (χ0n) is 23.3. The van der Waals surface area contributed by atoms with E-state index in [0.29, 0.717) is 30.7 Å². The SMILES string of the molecule is CCCNCc1cc(O)c2c(c1OC)CC1CC3C(N(C)C)C(=O)C(C(N)=O)C(=N)C3(OC)C(OC)=C1C2=O. The number of phenolic OH excluding ortho intramolecular Hbond substituents is 1. The minimum Gasteiger partial charge on any atom is -0.507 e. The fourth-order valence-electron chi connectivity index (χ4n) is 6.91. The Morgan fingerprint density at radius 1 is 1.26 bits per heavy atom. The van der Waals surface area contributed by atoms with Crippen LogP contribution in [-0.4, -0.2) is 86.8 Å². The van der Waals surface area contributed by atoms with Gasteiger partial charge in [0.25, 0.3) is 0 Å². The minimum atomic E-state index is -1.67. The van der Waals surface area contributed by atoms with Crippen LogP contribution < -0.4 is 15.8 Å². The molecular formula is C28H38N4O7. The highest BCUT2D eigenvalue weighted by Gasteiger charge is 2.66. The van der Waals surface area contributed by atoms with Crippen LogP contribution in [0.2, 0.25) is 0 Å². The molecule has 39 heavy (non-hydrogen) atoms. The number of methoxy groups -OCH3 is 3. The fraction of sp³-hybridized carbons (Fsp3) is 0.571. The van der Waals surface area contributed by atoms with Gasteiger partial charge in [0.1, 0.15) is 23.2 Å². The summed E-state index contributed by atoms with van der Waals surface area (Å²) in [6.07, 6.45) is 1.58. The van der Waals surface area contributed by atoms with E-state index in [1.807, 2.05) is 0 Å². The zero-order valence-corrected chi connectivity index (χ0v) is 23.3. The molecule has 0 aromatic heterocycles. The van der Waals surface area contributed by atoms with Gasteiger partial charge in [0.05, 0.1) is 31.5 Å². The highest BCUT2D eigenvalue weighted by molar-refractivity contribution is 6.26. The van der Waals surface area contributed by atoms with E-state index in [1.54, 1.807) is 19.0 Å². The van der Waals surface area contributed by atoms with E-state index in [9.17, 15) is 19.5 Å². The third-order valence-electron chi connectivity index (χ3n) is 8.37. The molecular weight excluding hydrogens is 504 g/mol. The lowest BCUT2D eigenvalue weighted by atomic mass is 9.56. The number of amides is 1. The molecule has 1 aromatic rings. The average Bonchev–Trinajstić information content (AvgIpc) is 2.87. The number of hydrogen-bond acceptors (Lipinski definition) is 10. The van der Waals surface area contributed by atoms with Crippen molar-refractivity contribution in [3.8, 4) is 11.5 Å². The number of ketones is 2. The van der Waals surface area contributed by atoms with Crippen LogP contribution in [0.25, 0.3) is 0 Å². The van der Waals surface area contributed by atoms with E-state index >= 15 is 0 Å². The number of rotatable bonds is 9. The Hall–Kier alpha value is -3.28. The smallest absolute Gasteiger partial charge is 0.233 e. The molecule has 11 heteroatoms. The third kappa shape index (κ3) is 4.14. The van der Waals surface area contributed by atoms with Gasteiger partial charge in [0.15, 0.2) is 17.2 Å². The molecule has 0 spiro atoms. The highest BCUT2D eigenvalue weighted by Crippen LogP contribution is 2.55. The summed E-state index contributed by atoms with van der Waals surface area (Å²) in [5.41, 5.74) is 5.32. The van der Waals surface area contributed by atoms with Crippen molar-refractivity contribution in [2.24, 2.45) is 23.5 Å². The number of nitrogens with two attached hydrogens (primary N) is 1. The van der Waals surface area contributed by atoms with Gasteiger partial charge in [-0.3, -0.25) is 19.3 Å². The minimum absolute atomic E-state index is 0.0737. The summed E-state index contributed by atoms with van der Waals surface area (Å²) in [6, 6.07) is 0.718. The Morgan fingerprint density at radius 3 is 2.49 bits per heavy atom. The maximum atomic E-state index is 14.2. The molecule has 212 valence electrons. The maximum Gasteiger partial charge on any atom is 0.233 e. The largest absolute Gasteiger partial charge is 0.507 e. The number of phenols is 1. The monoisotopic (exact) mass is 542 g/mol. The number of hydrogen-bond donors (Lipinski definition) is 4. The first kappa shape index (κ1) is 28.7. The molecule has 1 fully saturated rings. The summed E-state index contributed by atoms with van der Waals surface area (Å²) in [5, 5.41) is 23.4. The molecule has 0 saturated heterocycles. The molecule has 11 nitrogen and oxygen atoms in total. The highest BCUT2D eigenvalue weighted by atomic mass is 16.5. The van der Waals surface area contributed by atoms with E-state index < -0.39 is 46.9 Å². The number of fused-ring (bicyclic) bond motifs is 3. The normalized spacial score (nSPS) is 28.2. The Labute approximate surface area is 228 Å². The van der Waals surface area contributed by atoms with Gasteiger partial charge < -0.3 is 35.8 Å². The third-order valence-corrected chi connectivity index (χ3v) is 8.37. The molecule has 5 N–H and O–H groups in total.